The Morgan fingerprint density at radius 3 is 2.12 bits per heavy atom. The zero-order chi connectivity index (χ0) is 23.3. The highest BCUT2D eigenvalue weighted by atomic mass is 35.5. The second-order valence-electron chi connectivity index (χ2n) is 6.44. The summed E-state index contributed by atoms with van der Waals surface area (Å²) in [5, 5.41) is 15.3. The van der Waals surface area contributed by atoms with Crippen LogP contribution in [0.4, 0.5) is 11.4 Å². The van der Waals surface area contributed by atoms with Gasteiger partial charge < -0.3 is 15.7 Å². The molecule has 0 atom stereocenters. The molecule has 164 valence electrons. The van der Waals surface area contributed by atoms with E-state index in [2.05, 4.69) is 10.6 Å². The summed E-state index contributed by atoms with van der Waals surface area (Å²) in [7, 11) is 0. The van der Waals surface area contributed by atoms with Gasteiger partial charge in [0.05, 0.1) is 26.9 Å². The molecule has 3 rings (SSSR count). The lowest BCUT2D eigenvalue weighted by molar-refractivity contribution is -0.113. The van der Waals surface area contributed by atoms with Gasteiger partial charge in [0.2, 0.25) is 5.91 Å². The second-order valence-corrected chi connectivity index (χ2v) is 8.74. The summed E-state index contributed by atoms with van der Waals surface area (Å²) in [4.78, 5) is 36.5. The summed E-state index contributed by atoms with van der Waals surface area (Å²) in [6.45, 7) is 0. The van der Waals surface area contributed by atoms with Crippen molar-refractivity contribution in [1.29, 1.82) is 0 Å². The lowest BCUT2D eigenvalue weighted by Crippen LogP contribution is -2.14. The number of halogens is 3. The average molecular weight is 510 g/mol. The lowest BCUT2D eigenvalue weighted by atomic mass is 10.2. The zero-order valence-corrected chi connectivity index (χ0v) is 19.3. The van der Waals surface area contributed by atoms with Crippen LogP contribution in [0, 0.1) is 0 Å². The van der Waals surface area contributed by atoms with Crippen LogP contribution in [0.25, 0.3) is 0 Å². The third-order valence-corrected chi connectivity index (χ3v) is 6.03. The van der Waals surface area contributed by atoms with Crippen molar-refractivity contribution in [2.75, 3.05) is 16.4 Å². The Kier molecular flexibility index (Phi) is 8.04. The number of hydrogen-bond acceptors (Lipinski definition) is 4. The van der Waals surface area contributed by atoms with E-state index in [-0.39, 0.29) is 33.2 Å². The van der Waals surface area contributed by atoms with Gasteiger partial charge in [-0.05, 0) is 60.7 Å². The van der Waals surface area contributed by atoms with Gasteiger partial charge in [0.25, 0.3) is 5.91 Å². The van der Waals surface area contributed by atoms with Gasteiger partial charge >= 0.3 is 5.97 Å². The fraction of sp³-hybridized carbons (Fsp3) is 0.0455. The number of benzene rings is 3. The monoisotopic (exact) mass is 508 g/mol. The van der Waals surface area contributed by atoms with Crippen LogP contribution < -0.4 is 10.6 Å². The number of rotatable bonds is 7. The van der Waals surface area contributed by atoms with Crippen LogP contribution in [0.1, 0.15) is 20.7 Å². The quantitative estimate of drug-likeness (QED) is 0.324. The predicted octanol–water partition coefficient (Wildman–Crippen LogP) is 6.33. The fourth-order valence-corrected chi connectivity index (χ4v) is 4.01. The molecule has 3 aromatic rings. The molecular weight excluding hydrogens is 495 g/mol. The number of carboxylic acid groups (broad SMARTS) is 1. The number of carboxylic acids is 1. The van der Waals surface area contributed by atoms with Gasteiger partial charge in [0.15, 0.2) is 0 Å². The molecule has 2 amide bonds. The lowest BCUT2D eigenvalue weighted by Gasteiger charge is -2.09. The number of hydrogen-bond donors (Lipinski definition) is 3. The fourth-order valence-electron chi connectivity index (χ4n) is 2.62. The van der Waals surface area contributed by atoms with Crippen LogP contribution in [0.5, 0.6) is 0 Å². The highest BCUT2D eigenvalue weighted by Gasteiger charge is 2.13. The molecule has 3 aromatic carbocycles. The molecule has 0 aliphatic rings. The standard InChI is InChI=1S/C22H15Cl3N2O4S/c23-12-1-7-16(19(25)9-12)21(29)27-13-2-5-15(6-3-13)32-11-20(28)26-14-4-8-18(24)17(10-14)22(30)31/h1-10H,11H2,(H,26,28)(H,27,29)(H,30,31). The number of thioether (sulfide) groups is 1. The maximum absolute atomic E-state index is 12.4. The smallest absolute Gasteiger partial charge is 0.337 e. The molecule has 0 saturated heterocycles. The molecule has 0 unspecified atom stereocenters. The van der Waals surface area contributed by atoms with E-state index in [4.69, 9.17) is 39.9 Å². The number of nitrogens with one attached hydrogen (secondary N) is 2. The van der Waals surface area contributed by atoms with Crippen molar-refractivity contribution in [2.45, 2.75) is 4.90 Å². The van der Waals surface area contributed by atoms with E-state index in [0.717, 1.165) is 4.90 Å². The summed E-state index contributed by atoms with van der Waals surface area (Å²) in [5.41, 5.74) is 1.13. The number of amides is 2. The minimum Gasteiger partial charge on any atom is -0.478 e. The van der Waals surface area contributed by atoms with Crippen molar-refractivity contribution < 1.29 is 19.5 Å². The van der Waals surface area contributed by atoms with E-state index >= 15 is 0 Å². The van der Waals surface area contributed by atoms with E-state index in [0.29, 0.717) is 22.0 Å². The van der Waals surface area contributed by atoms with E-state index < -0.39 is 5.97 Å². The highest BCUT2D eigenvalue weighted by Crippen LogP contribution is 2.25. The SMILES string of the molecule is O=C(CSc1ccc(NC(=O)c2ccc(Cl)cc2Cl)cc1)Nc1ccc(Cl)c(C(=O)O)c1. The highest BCUT2D eigenvalue weighted by molar-refractivity contribution is 8.00. The molecule has 0 radical (unpaired) electrons. The minimum absolute atomic E-state index is 0.0883. The Bertz CT molecular complexity index is 1190. The van der Waals surface area contributed by atoms with Crippen LogP contribution >= 0.6 is 46.6 Å². The third-order valence-electron chi connectivity index (χ3n) is 4.14. The molecule has 10 heteroatoms. The van der Waals surface area contributed by atoms with Gasteiger partial charge in [-0.15, -0.1) is 11.8 Å². The van der Waals surface area contributed by atoms with Crippen LogP contribution in [0.15, 0.2) is 65.6 Å². The molecule has 6 nitrogen and oxygen atoms in total. The topological polar surface area (TPSA) is 95.5 Å². The zero-order valence-electron chi connectivity index (χ0n) is 16.2. The largest absolute Gasteiger partial charge is 0.478 e. The maximum Gasteiger partial charge on any atom is 0.337 e. The van der Waals surface area contributed by atoms with Crippen LogP contribution in [0.2, 0.25) is 15.1 Å². The van der Waals surface area contributed by atoms with Crippen molar-refractivity contribution in [1.82, 2.24) is 0 Å². The normalized spacial score (nSPS) is 10.5. The number of carbonyl (C=O) groups excluding carboxylic acids is 2. The molecule has 3 N–H and O–H groups in total. The number of anilines is 2. The van der Waals surface area contributed by atoms with Crippen molar-refractivity contribution in [3.63, 3.8) is 0 Å². The first kappa shape index (κ1) is 23.9. The van der Waals surface area contributed by atoms with E-state index in [1.165, 1.54) is 36.0 Å². The maximum atomic E-state index is 12.4. The summed E-state index contributed by atoms with van der Waals surface area (Å²) < 4.78 is 0. The average Bonchev–Trinajstić information content (AvgIpc) is 2.74. The predicted molar refractivity (Wildman–Crippen MR) is 129 cm³/mol. The molecule has 32 heavy (non-hydrogen) atoms. The van der Waals surface area contributed by atoms with E-state index in [1.54, 1.807) is 36.4 Å². The summed E-state index contributed by atoms with van der Waals surface area (Å²) >= 11 is 19.0. The molecule has 0 bridgehead atoms. The molecule has 0 aliphatic heterocycles. The molecule has 0 aromatic heterocycles. The van der Waals surface area contributed by atoms with Crippen LogP contribution in [-0.2, 0) is 4.79 Å². The molecular formula is C22H15Cl3N2O4S. The third kappa shape index (κ3) is 6.40. The molecule has 0 saturated carbocycles. The van der Waals surface area contributed by atoms with E-state index in [9.17, 15) is 14.4 Å². The molecule has 0 heterocycles. The number of carbonyl (C=O) groups is 3. The van der Waals surface area contributed by atoms with Crippen molar-refractivity contribution in [3.8, 4) is 0 Å². The Hall–Kier alpha value is -2.71. The Balaban J connectivity index is 1.54. The summed E-state index contributed by atoms with van der Waals surface area (Å²) in [6.07, 6.45) is 0. The van der Waals surface area contributed by atoms with Gasteiger partial charge in [0.1, 0.15) is 0 Å². The Labute approximate surface area is 202 Å². The molecule has 0 aliphatic carbocycles. The van der Waals surface area contributed by atoms with Crippen LogP contribution in [0.3, 0.4) is 0 Å². The number of aromatic carboxylic acids is 1. The Morgan fingerprint density at radius 1 is 0.781 bits per heavy atom. The van der Waals surface area contributed by atoms with Gasteiger partial charge in [-0.1, -0.05) is 34.8 Å². The van der Waals surface area contributed by atoms with Crippen molar-refractivity contribution >= 4 is 75.7 Å². The van der Waals surface area contributed by atoms with Gasteiger partial charge in [-0.2, -0.15) is 0 Å². The van der Waals surface area contributed by atoms with Gasteiger partial charge in [-0.25, -0.2) is 4.79 Å². The van der Waals surface area contributed by atoms with Crippen molar-refractivity contribution in [3.05, 3.63) is 86.9 Å². The van der Waals surface area contributed by atoms with Gasteiger partial charge in [0, 0.05) is 21.3 Å². The summed E-state index contributed by atoms with van der Waals surface area (Å²) in [6, 6.07) is 15.8. The van der Waals surface area contributed by atoms with Gasteiger partial charge in [-0.3, -0.25) is 9.59 Å². The first-order valence-electron chi connectivity index (χ1n) is 9.05. The minimum atomic E-state index is -1.18. The Morgan fingerprint density at radius 2 is 1.47 bits per heavy atom. The summed E-state index contributed by atoms with van der Waals surface area (Å²) in [5.74, 6) is -1.73. The molecule has 0 fully saturated rings. The van der Waals surface area contributed by atoms with Crippen LogP contribution in [-0.4, -0.2) is 28.6 Å². The first-order valence-corrected chi connectivity index (χ1v) is 11.2. The molecule has 0 spiro atoms. The first-order chi connectivity index (χ1) is 15.2. The second kappa shape index (κ2) is 10.7. The van der Waals surface area contributed by atoms with E-state index in [1.807, 2.05) is 0 Å². The van der Waals surface area contributed by atoms with Crippen molar-refractivity contribution in [2.24, 2.45) is 0 Å².